The number of carbonyl (C=O) groups excluding carboxylic acids is 1. The molecule has 4 aromatic rings. The van der Waals surface area contributed by atoms with Gasteiger partial charge in [0.25, 0.3) is 0 Å². The summed E-state index contributed by atoms with van der Waals surface area (Å²) in [4.78, 5) is 20.4. The summed E-state index contributed by atoms with van der Waals surface area (Å²) < 4.78 is 45.1. The van der Waals surface area contributed by atoms with Crippen LogP contribution in [0.5, 0.6) is 11.5 Å². The van der Waals surface area contributed by atoms with Gasteiger partial charge >= 0.3 is 0 Å². The van der Waals surface area contributed by atoms with Crippen LogP contribution in [-0.4, -0.2) is 35.2 Å². The minimum Gasteiger partial charge on any atom is -0.494 e. The normalized spacial score (nSPS) is 11.7. The zero-order valence-corrected chi connectivity index (χ0v) is 19.6. The van der Waals surface area contributed by atoms with Gasteiger partial charge in [0.05, 0.1) is 37.4 Å². The van der Waals surface area contributed by atoms with Crippen molar-refractivity contribution in [3.63, 3.8) is 0 Å². The lowest BCUT2D eigenvalue weighted by Gasteiger charge is -2.15. The zero-order chi connectivity index (χ0) is 26.0. The number of methoxy groups -OCH3 is 2. The standard InChI is InChI=1S/C25H22F2N4O5/c1-5-19(32)29-13-8-6-7-12(2)23(13)31-25-28-11-18-14(30-25)9-17(36-18)24(33)20-21(26)15(34-3)10-16(35-4)22(20)27/h5-11,24,33H,1H2,2-4H3,(H,29,32)(H,28,30,31). The maximum absolute atomic E-state index is 14.8. The number of aromatic nitrogens is 2. The lowest BCUT2D eigenvalue weighted by atomic mass is 10.0. The molecule has 0 bridgehead atoms. The van der Waals surface area contributed by atoms with E-state index in [-0.39, 0.29) is 40.2 Å². The number of nitrogens with zero attached hydrogens (tertiary/aromatic N) is 2. The van der Waals surface area contributed by atoms with Crippen LogP contribution in [0.25, 0.3) is 11.1 Å². The largest absolute Gasteiger partial charge is 0.494 e. The monoisotopic (exact) mass is 496 g/mol. The molecular weight excluding hydrogens is 474 g/mol. The van der Waals surface area contributed by atoms with Crippen LogP contribution in [0.3, 0.4) is 0 Å². The minimum absolute atomic E-state index is 0.160. The van der Waals surface area contributed by atoms with Crippen LogP contribution in [-0.2, 0) is 4.79 Å². The number of carbonyl (C=O) groups is 1. The summed E-state index contributed by atoms with van der Waals surface area (Å²) in [5.41, 5.74) is 1.60. The molecule has 0 fully saturated rings. The van der Waals surface area contributed by atoms with Crippen LogP contribution in [0.4, 0.5) is 26.1 Å². The van der Waals surface area contributed by atoms with Gasteiger partial charge in [-0.2, -0.15) is 0 Å². The van der Waals surface area contributed by atoms with Crippen molar-refractivity contribution in [2.75, 3.05) is 24.9 Å². The Kier molecular flexibility index (Phi) is 6.84. The molecule has 4 rings (SSSR count). The molecule has 9 nitrogen and oxygen atoms in total. The molecule has 2 heterocycles. The second-order valence-corrected chi connectivity index (χ2v) is 7.63. The Balaban J connectivity index is 1.70. The lowest BCUT2D eigenvalue weighted by Crippen LogP contribution is -2.10. The average molecular weight is 496 g/mol. The first-order valence-electron chi connectivity index (χ1n) is 10.6. The number of halogens is 2. The molecule has 2 aromatic carbocycles. The summed E-state index contributed by atoms with van der Waals surface area (Å²) in [7, 11) is 2.42. The van der Waals surface area contributed by atoms with Crippen molar-refractivity contribution in [1.29, 1.82) is 0 Å². The molecule has 0 spiro atoms. The van der Waals surface area contributed by atoms with Gasteiger partial charge in [-0.05, 0) is 24.6 Å². The molecule has 3 N–H and O–H groups in total. The first-order chi connectivity index (χ1) is 17.3. The van der Waals surface area contributed by atoms with E-state index in [1.165, 1.54) is 26.5 Å². The van der Waals surface area contributed by atoms with E-state index >= 15 is 0 Å². The summed E-state index contributed by atoms with van der Waals surface area (Å²) in [5.74, 6) is -3.18. The van der Waals surface area contributed by atoms with Crippen LogP contribution in [0, 0.1) is 18.6 Å². The molecule has 1 amide bonds. The highest BCUT2D eigenvalue weighted by atomic mass is 19.1. The number of aliphatic hydroxyl groups excluding tert-OH is 1. The fourth-order valence-electron chi connectivity index (χ4n) is 3.57. The molecular formula is C25H22F2N4O5. The Hall–Kier alpha value is -4.51. The van der Waals surface area contributed by atoms with Crippen molar-refractivity contribution in [3.8, 4) is 11.5 Å². The summed E-state index contributed by atoms with van der Waals surface area (Å²) in [5, 5.41) is 16.5. The minimum atomic E-state index is -1.82. The average Bonchev–Trinajstić information content (AvgIpc) is 3.30. The van der Waals surface area contributed by atoms with Gasteiger partial charge in [-0.1, -0.05) is 18.7 Å². The maximum Gasteiger partial charge on any atom is 0.247 e. The van der Waals surface area contributed by atoms with Crippen LogP contribution < -0.4 is 20.1 Å². The molecule has 0 aliphatic carbocycles. The molecule has 186 valence electrons. The molecule has 0 radical (unpaired) electrons. The smallest absolute Gasteiger partial charge is 0.247 e. The van der Waals surface area contributed by atoms with Gasteiger partial charge in [0, 0.05) is 12.1 Å². The van der Waals surface area contributed by atoms with Crippen molar-refractivity contribution < 1.29 is 32.6 Å². The number of fused-ring (bicyclic) bond motifs is 1. The predicted molar refractivity (Wildman–Crippen MR) is 129 cm³/mol. The topological polar surface area (TPSA) is 119 Å². The Labute approximate surface area is 204 Å². The number of benzene rings is 2. The number of nitrogens with one attached hydrogen (secondary N) is 2. The number of furan rings is 1. The van der Waals surface area contributed by atoms with Crippen LogP contribution in [0.15, 0.2) is 53.6 Å². The van der Waals surface area contributed by atoms with E-state index < -0.39 is 23.3 Å². The molecule has 0 saturated heterocycles. The summed E-state index contributed by atoms with van der Waals surface area (Å²) in [6, 6.07) is 7.70. The number of anilines is 3. The van der Waals surface area contributed by atoms with Crippen molar-refractivity contribution >= 4 is 34.3 Å². The summed E-state index contributed by atoms with van der Waals surface area (Å²) >= 11 is 0. The summed E-state index contributed by atoms with van der Waals surface area (Å²) in [6.45, 7) is 5.28. The molecule has 2 aromatic heterocycles. The number of ether oxygens (including phenoxy) is 2. The van der Waals surface area contributed by atoms with Gasteiger partial charge in [-0.3, -0.25) is 4.79 Å². The second-order valence-electron chi connectivity index (χ2n) is 7.63. The number of para-hydroxylation sites is 1. The first-order valence-corrected chi connectivity index (χ1v) is 10.6. The highest BCUT2D eigenvalue weighted by Gasteiger charge is 2.29. The van der Waals surface area contributed by atoms with Crippen molar-refractivity contribution in [3.05, 3.63) is 77.7 Å². The van der Waals surface area contributed by atoms with E-state index in [2.05, 4.69) is 27.2 Å². The van der Waals surface area contributed by atoms with Crippen LogP contribution >= 0.6 is 0 Å². The quantitative estimate of drug-likeness (QED) is 0.299. The third-order valence-corrected chi connectivity index (χ3v) is 5.39. The Morgan fingerprint density at radius 1 is 1.19 bits per heavy atom. The lowest BCUT2D eigenvalue weighted by molar-refractivity contribution is -0.111. The molecule has 0 aliphatic rings. The molecule has 1 atom stereocenters. The van der Waals surface area contributed by atoms with Crippen LogP contribution in [0.1, 0.15) is 23.0 Å². The van der Waals surface area contributed by atoms with Gasteiger partial charge in [0.15, 0.2) is 28.7 Å². The Bertz CT molecular complexity index is 1440. The van der Waals surface area contributed by atoms with Gasteiger partial charge in [0.1, 0.15) is 17.4 Å². The van der Waals surface area contributed by atoms with Gasteiger partial charge in [0.2, 0.25) is 11.9 Å². The van der Waals surface area contributed by atoms with Gasteiger partial charge < -0.3 is 29.6 Å². The van der Waals surface area contributed by atoms with E-state index in [1.54, 1.807) is 12.1 Å². The van der Waals surface area contributed by atoms with Crippen LogP contribution in [0.2, 0.25) is 0 Å². The molecule has 11 heteroatoms. The molecule has 0 saturated carbocycles. The summed E-state index contributed by atoms with van der Waals surface area (Å²) in [6.07, 6.45) is 0.674. The first kappa shape index (κ1) is 24.6. The number of rotatable bonds is 8. The number of amides is 1. The second kappa shape index (κ2) is 10.0. The third-order valence-electron chi connectivity index (χ3n) is 5.39. The predicted octanol–water partition coefficient (Wildman–Crippen LogP) is 4.78. The zero-order valence-electron chi connectivity index (χ0n) is 19.6. The highest BCUT2D eigenvalue weighted by molar-refractivity contribution is 6.01. The fraction of sp³-hybridized carbons (Fsp3) is 0.160. The van der Waals surface area contributed by atoms with E-state index in [0.29, 0.717) is 11.4 Å². The number of aliphatic hydroxyl groups is 1. The Morgan fingerprint density at radius 3 is 2.53 bits per heavy atom. The van der Waals surface area contributed by atoms with Crippen molar-refractivity contribution in [1.82, 2.24) is 9.97 Å². The SMILES string of the molecule is C=CC(=O)Nc1cccc(C)c1Nc1ncc2oc(C(O)c3c(F)c(OC)cc(OC)c3F)cc2n1. The van der Waals surface area contributed by atoms with E-state index in [9.17, 15) is 18.7 Å². The Morgan fingerprint density at radius 2 is 1.89 bits per heavy atom. The van der Waals surface area contributed by atoms with Gasteiger partial charge in [-0.25, -0.2) is 18.7 Å². The number of hydrogen-bond donors (Lipinski definition) is 3. The molecule has 1 unspecified atom stereocenters. The van der Waals surface area contributed by atoms with Gasteiger partial charge in [-0.15, -0.1) is 0 Å². The van der Waals surface area contributed by atoms with Crippen molar-refractivity contribution in [2.24, 2.45) is 0 Å². The number of hydrogen-bond acceptors (Lipinski definition) is 8. The highest BCUT2D eigenvalue weighted by Crippen LogP contribution is 2.38. The van der Waals surface area contributed by atoms with E-state index in [1.807, 2.05) is 13.0 Å². The number of aryl methyl sites for hydroxylation is 1. The van der Waals surface area contributed by atoms with E-state index in [4.69, 9.17) is 13.9 Å². The molecule has 36 heavy (non-hydrogen) atoms. The fourth-order valence-corrected chi connectivity index (χ4v) is 3.57. The van der Waals surface area contributed by atoms with E-state index in [0.717, 1.165) is 17.7 Å². The van der Waals surface area contributed by atoms with Crippen molar-refractivity contribution in [2.45, 2.75) is 13.0 Å². The maximum atomic E-state index is 14.8. The molecule has 0 aliphatic heterocycles. The third kappa shape index (κ3) is 4.56.